The number of ether oxygens (including phenoxy) is 1. The van der Waals surface area contributed by atoms with Crippen molar-refractivity contribution < 1.29 is 9.53 Å². The minimum Gasteiger partial charge on any atom is -0.384 e. The van der Waals surface area contributed by atoms with Crippen LogP contribution < -0.4 is 10.6 Å². The number of hydrogen-bond acceptors (Lipinski definition) is 4. The second-order valence-corrected chi connectivity index (χ2v) is 5.67. The summed E-state index contributed by atoms with van der Waals surface area (Å²) in [5.41, 5.74) is 1.45. The van der Waals surface area contributed by atoms with Crippen molar-refractivity contribution in [2.45, 2.75) is 19.8 Å². The number of aromatic nitrogens is 2. The molecule has 20 heavy (non-hydrogen) atoms. The summed E-state index contributed by atoms with van der Waals surface area (Å²) >= 11 is 0. The fraction of sp³-hybridized carbons (Fsp3) is 0.714. The van der Waals surface area contributed by atoms with E-state index in [4.69, 9.17) is 4.74 Å². The smallest absolute Gasteiger partial charge is 0.254 e. The van der Waals surface area contributed by atoms with E-state index in [0.29, 0.717) is 18.7 Å². The molecule has 1 aliphatic rings. The van der Waals surface area contributed by atoms with Gasteiger partial charge in [-0.3, -0.25) is 9.48 Å². The number of aryl methyl sites for hydroxylation is 2. The first-order chi connectivity index (χ1) is 9.56. The van der Waals surface area contributed by atoms with Crippen molar-refractivity contribution in [3.8, 4) is 0 Å². The molecule has 1 fully saturated rings. The van der Waals surface area contributed by atoms with E-state index in [1.54, 1.807) is 18.0 Å². The first kappa shape index (κ1) is 15.0. The number of amides is 1. The highest BCUT2D eigenvalue weighted by Crippen LogP contribution is 2.28. The molecule has 112 valence electrons. The third-order valence-corrected chi connectivity index (χ3v) is 4.00. The van der Waals surface area contributed by atoms with Crippen molar-refractivity contribution in [3.63, 3.8) is 0 Å². The molecule has 0 atom stereocenters. The highest BCUT2D eigenvalue weighted by molar-refractivity contribution is 5.95. The van der Waals surface area contributed by atoms with Gasteiger partial charge in [-0.15, -0.1) is 0 Å². The highest BCUT2D eigenvalue weighted by atomic mass is 16.5. The maximum absolute atomic E-state index is 12.2. The Bertz CT molecular complexity index is 458. The topological polar surface area (TPSA) is 68.2 Å². The van der Waals surface area contributed by atoms with Crippen LogP contribution in [0, 0.1) is 12.3 Å². The maximum Gasteiger partial charge on any atom is 0.254 e. The van der Waals surface area contributed by atoms with Crippen LogP contribution >= 0.6 is 0 Å². The Kier molecular flexibility index (Phi) is 4.77. The van der Waals surface area contributed by atoms with E-state index < -0.39 is 0 Å². The molecule has 2 N–H and O–H groups in total. The lowest BCUT2D eigenvalue weighted by atomic mass is 9.79. The molecule has 0 aliphatic carbocycles. The zero-order valence-corrected chi connectivity index (χ0v) is 12.5. The Morgan fingerprint density at radius 3 is 2.80 bits per heavy atom. The van der Waals surface area contributed by atoms with Crippen LogP contribution in [-0.4, -0.2) is 49.0 Å². The number of methoxy groups -OCH3 is 1. The van der Waals surface area contributed by atoms with Gasteiger partial charge in [0.25, 0.3) is 5.91 Å². The van der Waals surface area contributed by atoms with Gasteiger partial charge in [0.2, 0.25) is 0 Å². The van der Waals surface area contributed by atoms with Gasteiger partial charge in [-0.05, 0) is 32.9 Å². The van der Waals surface area contributed by atoms with Crippen LogP contribution in [0.25, 0.3) is 0 Å². The van der Waals surface area contributed by atoms with Gasteiger partial charge in [-0.1, -0.05) is 0 Å². The number of carbonyl (C=O) groups is 1. The Morgan fingerprint density at radius 1 is 1.55 bits per heavy atom. The van der Waals surface area contributed by atoms with Crippen LogP contribution in [0.3, 0.4) is 0 Å². The number of piperidine rings is 1. The van der Waals surface area contributed by atoms with Crippen LogP contribution in [0.1, 0.15) is 28.9 Å². The Balaban J connectivity index is 1.98. The van der Waals surface area contributed by atoms with Crippen molar-refractivity contribution in [1.29, 1.82) is 0 Å². The zero-order valence-electron chi connectivity index (χ0n) is 12.5. The monoisotopic (exact) mass is 280 g/mol. The molecule has 6 nitrogen and oxygen atoms in total. The van der Waals surface area contributed by atoms with Crippen molar-refractivity contribution in [2.24, 2.45) is 12.5 Å². The molecule has 1 aromatic heterocycles. The molecule has 0 spiro atoms. The molecule has 1 aromatic rings. The van der Waals surface area contributed by atoms with E-state index in [1.807, 2.05) is 14.0 Å². The molecule has 1 amide bonds. The van der Waals surface area contributed by atoms with E-state index >= 15 is 0 Å². The van der Waals surface area contributed by atoms with Gasteiger partial charge in [0.15, 0.2) is 0 Å². The van der Waals surface area contributed by atoms with Crippen LogP contribution in [-0.2, 0) is 11.8 Å². The SMILES string of the molecule is COCC1(CNC(=O)c2cn(C)nc2C)CCNCC1. The third-order valence-electron chi connectivity index (χ3n) is 4.00. The first-order valence-electron chi connectivity index (χ1n) is 7.04. The van der Waals surface area contributed by atoms with E-state index in [2.05, 4.69) is 15.7 Å². The molecule has 2 rings (SSSR count). The fourth-order valence-electron chi connectivity index (χ4n) is 2.82. The predicted octanol–water partition coefficient (Wildman–Crippen LogP) is 0.475. The van der Waals surface area contributed by atoms with Gasteiger partial charge in [-0.2, -0.15) is 5.10 Å². The van der Waals surface area contributed by atoms with Crippen molar-refractivity contribution >= 4 is 5.91 Å². The van der Waals surface area contributed by atoms with Crippen LogP contribution in [0.4, 0.5) is 0 Å². The lowest BCUT2D eigenvalue weighted by molar-refractivity contribution is 0.0511. The van der Waals surface area contributed by atoms with Gasteiger partial charge in [0, 0.05) is 32.3 Å². The van der Waals surface area contributed by atoms with Gasteiger partial charge in [-0.25, -0.2) is 0 Å². The summed E-state index contributed by atoms with van der Waals surface area (Å²) in [6, 6.07) is 0. The Morgan fingerprint density at radius 2 is 2.25 bits per heavy atom. The average Bonchev–Trinajstić information content (AvgIpc) is 2.77. The van der Waals surface area contributed by atoms with Crippen LogP contribution in [0.5, 0.6) is 0 Å². The van der Waals surface area contributed by atoms with E-state index in [0.717, 1.165) is 31.6 Å². The number of carbonyl (C=O) groups excluding carboxylic acids is 1. The van der Waals surface area contributed by atoms with Gasteiger partial charge in [0.05, 0.1) is 17.9 Å². The minimum atomic E-state index is -0.0513. The Labute approximate surface area is 119 Å². The molecule has 6 heteroatoms. The van der Waals surface area contributed by atoms with Crippen molar-refractivity contribution in [1.82, 2.24) is 20.4 Å². The number of nitrogens with one attached hydrogen (secondary N) is 2. The Hall–Kier alpha value is -1.40. The van der Waals surface area contributed by atoms with E-state index in [9.17, 15) is 4.79 Å². The molecule has 1 saturated heterocycles. The lowest BCUT2D eigenvalue weighted by Crippen LogP contribution is -2.47. The summed E-state index contributed by atoms with van der Waals surface area (Å²) in [5.74, 6) is -0.0513. The molecule has 0 bridgehead atoms. The minimum absolute atomic E-state index is 0.0474. The summed E-state index contributed by atoms with van der Waals surface area (Å²) in [4.78, 5) is 12.2. The summed E-state index contributed by atoms with van der Waals surface area (Å²) < 4.78 is 7.02. The van der Waals surface area contributed by atoms with Crippen molar-refractivity contribution in [3.05, 3.63) is 17.5 Å². The maximum atomic E-state index is 12.2. The largest absolute Gasteiger partial charge is 0.384 e. The summed E-state index contributed by atoms with van der Waals surface area (Å²) in [6.07, 6.45) is 3.80. The standard InChI is InChI=1S/C14H24N4O2/c1-11-12(8-18(2)17-11)13(19)16-9-14(10-20-3)4-6-15-7-5-14/h8,15H,4-7,9-10H2,1-3H3,(H,16,19). The number of hydrogen-bond donors (Lipinski definition) is 2. The lowest BCUT2D eigenvalue weighted by Gasteiger charge is -2.37. The second-order valence-electron chi connectivity index (χ2n) is 5.67. The summed E-state index contributed by atoms with van der Waals surface area (Å²) in [5, 5.41) is 10.6. The number of nitrogens with zero attached hydrogens (tertiary/aromatic N) is 2. The predicted molar refractivity (Wildman–Crippen MR) is 76.7 cm³/mol. The fourth-order valence-corrected chi connectivity index (χ4v) is 2.82. The second kappa shape index (κ2) is 6.37. The normalized spacial score (nSPS) is 17.9. The highest BCUT2D eigenvalue weighted by Gasteiger charge is 2.32. The van der Waals surface area contributed by atoms with Gasteiger partial charge >= 0.3 is 0 Å². The molecular weight excluding hydrogens is 256 g/mol. The van der Waals surface area contributed by atoms with Crippen molar-refractivity contribution in [2.75, 3.05) is 33.4 Å². The first-order valence-corrected chi connectivity index (χ1v) is 7.04. The summed E-state index contributed by atoms with van der Waals surface area (Å²) in [7, 11) is 3.54. The number of rotatable bonds is 5. The molecular formula is C14H24N4O2. The molecule has 2 heterocycles. The molecule has 0 unspecified atom stereocenters. The van der Waals surface area contributed by atoms with E-state index in [1.165, 1.54) is 0 Å². The quantitative estimate of drug-likeness (QED) is 0.823. The van der Waals surface area contributed by atoms with E-state index in [-0.39, 0.29) is 11.3 Å². The summed E-state index contributed by atoms with van der Waals surface area (Å²) in [6.45, 7) is 5.14. The zero-order chi connectivity index (χ0) is 14.6. The third kappa shape index (κ3) is 3.37. The van der Waals surface area contributed by atoms with Crippen LogP contribution in [0.15, 0.2) is 6.20 Å². The van der Waals surface area contributed by atoms with Gasteiger partial charge in [0.1, 0.15) is 0 Å². The average molecular weight is 280 g/mol. The van der Waals surface area contributed by atoms with Gasteiger partial charge < -0.3 is 15.4 Å². The van der Waals surface area contributed by atoms with Crippen LogP contribution in [0.2, 0.25) is 0 Å². The molecule has 1 aliphatic heterocycles. The molecule has 0 radical (unpaired) electrons. The molecule has 0 aromatic carbocycles. The molecule has 0 saturated carbocycles.